The van der Waals surface area contributed by atoms with Crippen LogP contribution in [-0.2, 0) is 6.42 Å². The second-order valence-corrected chi connectivity index (χ2v) is 6.81. The quantitative estimate of drug-likeness (QED) is 0.631. The molecule has 1 heterocycles. The predicted molar refractivity (Wildman–Crippen MR) is 79.4 cm³/mol. The third-order valence-electron chi connectivity index (χ3n) is 4.58. The van der Waals surface area contributed by atoms with E-state index >= 15 is 0 Å². The van der Waals surface area contributed by atoms with Gasteiger partial charge in [0.25, 0.3) is 0 Å². The van der Waals surface area contributed by atoms with Gasteiger partial charge in [-0.3, -0.25) is 11.3 Å². The topological polar surface area (TPSA) is 38.0 Å². The zero-order valence-electron chi connectivity index (χ0n) is 11.6. The van der Waals surface area contributed by atoms with Crippen LogP contribution in [0, 0.1) is 17.8 Å². The molecule has 1 fully saturated rings. The zero-order valence-corrected chi connectivity index (χ0v) is 12.4. The average molecular weight is 266 g/mol. The molecule has 0 amide bonds. The summed E-state index contributed by atoms with van der Waals surface area (Å²) in [7, 11) is 0. The number of nitrogens with one attached hydrogen (secondary N) is 1. The van der Waals surface area contributed by atoms with Crippen LogP contribution in [0.5, 0.6) is 0 Å². The molecule has 1 aliphatic carbocycles. The van der Waals surface area contributed by atoms with Crippen molar-refractivity contribution in [3.63, 3.8) is 0 Å². The lowest BCUT2D eigenvalue weighted by Crippen LogP contribution is -2.43. The van der Waals surface area contributed by atoms with Gasteiger partial charge >= 0.3 is 0 Å². The SMILES string of the molecule is CC(C)C1CCC(C(Cc2ccsc2)NN)CC1. The Kier molecular flexibility index (Phi) is 5.22. The van der Waals surface area contributed by atoms with E-state index in [1.807, 2.05) is 0 Å². The predicted octanol–water partition coefficient (Wildman–Crippen LogP) is 3.58. The molecular formula is C15H26N2S. The van der Waals surface area contributed by atoms with Crippen molar-refractivity contribution in [1.29, 1.82) is 0 Å². The first-order valence-corrected chi connectivity index (χ1v) is 8.12. The monoisotopic (exact) mass is 266 g/mol. The van der Waals surface area contributed by atoms with Gasteiger partial charge in [0, 0.05) is 6.04 Å². The number of hydrazine groups is 1. The Bertz CT molecular complexity index is 326. The third kappa shape index (κ3) is 3.56. The molecule has 3 heteroatoms. The van der Waals surface area contributed by atoms with E-state index in [0.29, 0.717) is 6.04 Å². The summed E-state index contributed by atoms with van der Waals surface area (Å²) in [5.41, 5.74) is 4.48. The molecule has 1 atom stereocenters. The summed E-state index contributed by atoms with van der Waals surface area (Å²) in [5, 5.41) is 4.39. The number of nitrogens with two attached hydrogens (primary N) is 1. The van der Waals surface area contributed by atoms with Gasteiger partial charge in [-0.05, 0) is 72.2 Å². The minimum absolute atomic E-state index is 0.452. The molecule has 0 aliphatic heterocycles. The van der Waals surface area contributed by atoms with Gasteiger partial charge in [-0.15, -0.1) is 0 Å². The lowest BCUT2D eigenvalue weighted by atomic mass is 9.74. The maximum Gasteiger partial charge on any atom is 0.0279 e. The van der Waals surface area contributed by atoms with Gasteiger partial charge in [0.15, 0.2) is 0 Å². The van der Waals surface area contributed by atoms with Crippen molar-refractivity contribution in [1.82, 2.24) is 5.43 Å². The molecule has 2 nitrogen and oxygen atoms in total. The number of hydrogen-bond donors (Lipinski definition) is 2. The van der Waals surface area contributed by atoms with Crippen molar-refractivity contribution in [2.45, 2.75) is 52.0 Å². The molecule has 0 spiro atoms. The van der Waals surface area contributed by atoms with Crippen LogP contribution in [0.15, 0.2) is 16.8 Å². The highest BCUT2D eigenvalue weighted by atomic mass is 32.1. The van der Waals surface area contributed by atoms with Gasteiger partial charge in [-0.1, -0.05) is 13.8 Å². The molecule has 1 unspecified atom stereocenters. The fourth-order valence-electron chi connectivity index (χ4n) is 3.24. The summed E-state index contributed by atoms with van der Waals surface area (Å²) in [4.78, 5) is 0. The minimum Gasteiger partial charge on any atom is -0.271 e. The molecule has 0 saturated heterocycles. The van der Waals surface area contributed by atoms with E-state index < -0.39 is 0 Å². The fraction of sp³-hybridized carbons (Fsp3) is 0.733. The van der Waals surface area contributed by atoms with Crippen molar-refractivity contribution in [2.75, 3.05) is 0 Å². The second-order valence-electron chi connectivity index (χ2n) is 6.03. The second kappa shape index (κ2) is 6.69. The molecule has 1 saturated carbocycles. The Labute approximate surface area is 115 Å². The van der Waals surface area contributed by atoms with Crippen LogP contribution in [0.4, 0.5) is 0 Å². The van der Waals surface area contributed by atoms with Crippen LogP contribution in [0.25, 0.3) is 0 Å². The Morgan fingerprint density at radius 1 is 1.28 bits per heavy atom. The van der Waals surface area contributed by atoms with E-state index in [9.17, 15) is 0 Å². The fourth-order valence-corrected chi connectivity index (χ4v) is 3.92. The summed E-state index contributed by atoms with van der Waals surface area (Å²) in [5.74, 6) is 8.29. The minimum atomic E-state index is 0.452. The lowest BCUT2D eigenvalue weighted by Gasteiger charge is -2.35. The zero-order chi connectivity index (χ0) is 13.0. The molecule has 3 N–H and O–H groups in total. The first kappa shape index (κ1) is 14.0. The van der Waals surface area contributed by atoms with Gasteiger partial charge in [-0.25, -0.2) is 0 Å². The normalized spacial score (nSPS) is 26.4. The van der Waals surface area contributed by atoms with Crippen molar-refractivity contribution in [3.05, 3.63) is 22.4 Å². The van der Waals surface area contributed by atoms with Crippen LogP contribution in [-0.4, -0.2) is 6.04 Å². The van der Waals surface area contributed by atoms with E-state index in [2.05, 4.69) is 36.1 Å². The van der Waals surface area contributed by atoms with E-state index in [0.717, 1.165) is 24.2 Å². The van der Waals surface area contributed by atoms with Crippen LogP contribution in [0.2, 0.25) is 0 Å². The number of hydrogen-bond acceptors (Lipinski definition) is 3. The standard InChI is InChI=1S/C15H26N2S/c1-11(2)13-3-5-14(6-4-13)15(17-16)9-12-7-8-18-10-12/h7-8,10-11,13-15,17H,3-6,9,16H2,1-2H3. The van der Waals surface area contributed by atoms with Crippen molar-refractivity contribution in [2.24, 2.45) is 23.6 Å². The number of rotatable bonds is 5. The Hall–Kier alpha value is -0.380. The summed E-state index contributed by atoms with van der Waals surface area (Å²) >= 11 is 1.77. The molecule has 18 heavy (non-hydrogen) atoms. The molecule has 0 bridgehead atoms. The molecule has 0 radical (unpaired) electrons. The summed E-state index contributed by atoms with van der Waals surface area (Å²) in [6, 6.07) is 2.67. The molecule has 0 aromatic carbocycles. The number of thiophene rings is 1. The maximum atomic E-state index is 5.77. The van der Waals surface area contributed by atoms with Gasteiger partial charge in [-0.2, -0.15) is 11.3 Å². The smallest absolute Gasteiger partial charge is 0.0279 e. The van der Waals surface area contributed by atoms with Crippen LogP contribution in [0.1, 0.15) is 45.1 Å². The van der Waals surface area contributed by atoms with Gasteiger partial charge < -0.3 is 0 Å². The Balaban J connectivity index is 1.86. The van der Waals surface area contributed by atoms with Crippen molar-refractivity contribution < 1.29 is 0 Å². The van der Waals surface area contributed by atoms with Gasteiger partial charge in [0.05, 0.1) is 0 Å². The molecule has 1 aliphatic rings. The van der Waals surface area contributed by atoms with Crippen LogP contribution in [0.3, 0.4) is 0 Å². The summed E-state index contributed by atoms with van der Waals surface area (Å²) in [6.45, 7) is 4.71. The highest BCUT2D eigenvalue weighted by Gasteiger charge is 2.28. The lowest BCUT2D eigenvalue weighted by molar-refractivity contribution is 0.188. The van der Waals surface area contributed by atoms with E-state index in [1.54, 1.807) is 11.3 Å². The van der Waals surface area contributed by atoms with Crippen LogP contribution < -0.4 is 11.3 Å². The van der Waals surface area contributed by atoms with E-state index in [4.69, 9.17) is 5.84 Å². The Morgan fingerprint density at radius 3 is 2.44 bits per heavy atom. The third-order valence-corrected chi connectivity index (χ3v) is 5.31. The highest BCUT2D eigenvalue weighted by molar-refractivity contribution is 7.07. The summed E-state index contributed by atoms with van der Waals surface area (Å²) in [6.07, 6.45) is 6.51. The first-order chi connectivity index (χ1) is 8.70. The molecule has 102 valence electrons. The van der Waals surface area contributed by atoms with Crippen molar-refractivity contribution in [3.8, 4) is 0 Å². The van der Waals surface area contributed by atoms with Crippen molar-refractivity contribution >= 4 is 11.3 Å². The first-order valence-electron chi connectivity index (χ1n) is 7.18. The van der Waals surface area contributed by atoms with Crippen LogP contribution >= 0.6 is 11.3 Å². The molecule has 1 aromatic heterocycles. The molecule has 1 aromatic rings. The van der Waals surface area contributed by atoms with Gasteiger partial charge in [0.2, 0.25) is 0 Å². The average Bonchev–Trinajstić information content (AvgIpc) is 2.89. The van der Waals surface area contributed by atoms with E-state index in [-0.39, 0.29) is 0 Å². The molecule has 2 rings (SSSR count). The maximum absolute atomic E-state index is 5.77. The van der Waals surface area contributed by atoms with E-state index in [1.165, 1.54) is 31.2 Å². The summed E-state index contributed by atoms with van der Waals surface area (Å²) < 4.78 is 0. The highest BCUT2D eigenvalue weighted by Crippen LogP contribution is 2.35. The largest absolute Gasteiger partial charge is 0.271 e. The Morgan fingerprint density at radius 2 is 1.94 bits per heavy atom. The van der Waals surface area contributed by atoms with Gasteiger partial charge in [0.1, 0.15) is 0 Å². The molecular weight excluding hydrogens is 240 g/mol.